The van der Waals surface area contributed by atoms with Crippen LogP contribution in [0.3, 0.4) is 0 Å². The fraction of sp³-hybridized carbons (Fsp3) is 0.375. The zero-order chi connectivity index (χ0) is 12.0. The first-order valence-electron chi connectivity index (χ1n) is 4.71. The van der Waals surface area contributed by atoms with Gasteiger partial charge in [0.15, 0.2) is 0 Å². The summed E-state index contributed by atoms with van der Waals surface area (Å²) in [7, 11) is 0. The molecule has 8 nitrogen and oxygen atoms in total. The van der Waals surface area contributed by atoms with E-state index < -0.39 is 6.03 Å². The van der Waals surface area contributed by atoms with Gasteiger partial charge in [-0.1, -0.05) is 0 Å². The summed E-state index contributed by atoms with van der Waals surface area (Å²) >= 11 is 0. The molecule has 0 atom stereocenters. The van der Waals surface area contributed by atoms with E-state index in [2.05, 4.69) is 26.0 Å². The Labute approximate surface area is 92.8 Å². The summed E-state index contributed by atoms with van der Waals surface area (Å²) in [5, 5.41) is 5.45. The van der Waals surface area contributed by atoms with Crippen molar-refractivity contribution < 1.29 is 4.79 Å². The maximum Gasteiger partial charge on any atom is 0.312 e. The molecule has 16 heavy (non-hydrogen) atoms. The van der Waals surface area contributed by atoms with Crippen LogP contribution in [0.4, 0.5) is 16.6 Å². The van der Waals surface area contributed by atoms with Crippen LogP contribution in [-0.4, -0.2) is 29.1 Å². The first-order chi connectivity index (χ1) is 7.61. The molecule has 0 spiro atoms. The van der Waals surface area contributed by atoms with Gasteiger partial charge in [-0.05, 0) is 6.92 Å². The van der Waals surface area contributed by atoms with Crippen LogP contribution in [0.1, 0.15) is 5.69 Å². The topological polar surface area (TPSA) is 131 Å². The number of nitrogens with zero attached hydrogens (tertiary/aromatic N) is 2. The molecule has 0 saturated heterocycles. The van der Waals surface area contributed by atoms with Gasteiger partial charge in [-0.15, -0.1) is 0 Å². The Morgan fingerprint density at radius 2 is 2.19 bits per heavy atom. The summed E-state index contributed by atoms with van der Waals surface area (Å²) in [6.45, 7) is 2.77. The minimum absolute atomic E-state index is 0.338. The van der Waals surface area contributed by atoms with Crippen molar-refractivity contribution in [1.82, 2.24) is 15.3 Å². The maximum absolute atomic E-state index is 10.4. The minimum atomic E-state index is -0.551. The largest absolute Gasteiger partial charge is 0.368 e. The standard InChI is InChI=1S/C8H15N7O/c1-5-4-6(14-8(13-5)15-10)11-2-3-12-7(9)16/h4H,2-3,10H2,1H3,(H3,9,12,16)(H2,11,13,14,15). The molecule has 7 N–H and O–H groups in total. The van der Waals surface area contributed by atoms with E-state index in [1.54, 1.807) is 6.07 Å². The number of primary amides is 1. The van der Waals surface area contributed by atoms with Crippen molar-refractivity contribution in [3.63, 3.8) is 0 Å². The number of hydrogen-bond acceptors (Lipinski definition) is 6. The lowest BCUT2D eigenvalue weighted by atomic mass is 10.4. The number of rotatable bonds is 5. The highest BCUT2D eigenvalue weighted by molar-refractivity contribution is 5.71. The Bertz CT molecular complexity index is 367. The summed E-state index contributed by atoms with van der Waals surface area (Å²) in [4.78, 5) is 18.5. The number of hydrogen-bond donors (Lipinski definition) is 5. The van der Waals surface area contributed by atoms with Crippen LogP contribution in [0.2, 0.25) is 0 Å². The molecule has 0 aliphatic heterocycles. The van der Waals surface area contributed by atoms with Gasteiger partial charge in [0.1, 0.15) is 5.82 Å². The molecule has 1 heterocycles. The van der Waals surface area contributed by atoms with E-state index in [1.807, 2.05) is 6.92 Å². The molecule has 1 rings (SSSR count). The molecule has 88 valence electrons. The molecular weight excluding hydrogens is 210 g/mol. The number of aromatic nitrogens is 2. The highest BCUT2D eigenvalue weighted by atomic mass is 16.2. The molecule has 1 aromatic heterocycles. The molecule has 0 aromatic carbocycles. The number of amides is 2. The molecule has 0 aliphatic rings. The van der Waals surface area contributed by atoms with E-state index in [0.29, 0.717) is 24.9 Å². The molecule has 0 aliphatic carbocycles. The van der Waals surface area contributed by atoms with Gasteiger partial charge in [0.25, 0.3) is 0 Å². The van der Waals surface area contributed by atoms with Gasteiger partial charge in [-0.3, -0.25) is 5.43 Å². The summed E-state index contributed by atoms with van der Waals surface area (Å²) in [6, 6.07) is 1.22. The molecule has 2 amide bonds. The number of carbonyl (C=O) groups is 1. The Kier molecular flexibility index (Phi) is 4.28. The lowest BCUT2D eigenvalue weighted by molar-refractivity contribution is 0.249. The highest BCUT2D eigenvalue weighted by Gasteiger charge is 2.00. The van der Waals surface area contributed by atoms with Crippen molar-refractivity contribution in [2.45, 2.75) is 6.92 Å². The third-order valence-electron chi connectivity index (χ3n) is 1.71. The molecule has 8 heteroatoms. The zero-order valence-electron chi connectivity index (χ0n) is 8.95. The first-order valence-corrected chi connectivity index (χ1v) is 4.71. The summed E-state index contributed by atoms with van der Waals surface area (Å²) in [5.74, 6) is 6.18. The van der Waals surface area contributed by atoms with Crippen molar-refractivity contribution in [2.75, 3.05) is 23.8 Å². The number of aryl methyl sites for hydroxylation is 1. The van der Waals surface area contributed by atoms with Crippen molar-refractivity contribution in [2.24, 2.45) is 11.6 Å². The Morgan fingerprint density at radius 1 is 1.44 bits per heavy atom. The Hall–Kier alpha value is -2.09. The second-order valence-electron chi connectivity index (χ2n) is 3.08. The van der Waals surface area contributed by atoms with Gasteiger partial charge in [-0.25, -0.2) is 15.6 Å². The van der Waals surface area contributed by atoms with Gasteiger partial charge in [0, 0.05) is 24.8 Å². The van der Waals surface area contributed by atoms with Crippen LogP contribution in [-0.2, 0) is 0 Å². The van der Waals surface area contributed by atoms with E-state index in [4.69, 9.17) is 11.6 Å². The third kappa shape index (κ3) is 3.96. The molecule has 0 bridgehead atoms. The number of nitrogen functional groups attached to an aromatic ring is 1. The van der Waals surface area contributed by atoms with Crippen molar-refractivity contribution in [3.8, 4) is 0 Å². The van der Waals surface area contributed by atoms with E-state index in [9.17, 15) is 4.79 Å². The van der Waals surface area contributed by atoms with Crippen LogP contribution in [0.15, 0.2) is 6.07 Å². The van der Waals surface area contributed by atoms with E-state index in [-0.39, 0.29) is 0 Å². The molecular formula is C8H15N7O. The predicted octanol–water partition coefficient (Wildman–Crippen LogP) is -0.849. The van der Waals surface area contributed by atoms with Crippen molar-refractivity contribution in [1.29, 1.82) is 0 Å². The number of hydrazine groups is 1. The second-order valence-corrected chi connectivity index (χ2v) is 3.08. The van der Waals surface area contributed by atoms with Crippen LogP contribution >= 0.6 is 0 Å². The molecule has 0 saturated carbocycles. The predicted molar refractivity (Wildman–Crippen MR) is 60.7 cm³/mol. The normalized spacial score (nSPS) is 9.62. The first kappa shape index (κ1) is 12.0. The third-order valence-corrected chi connectivity index (χ3v) is 1.71. The van der Waals surface area contributed by atoms with E-state index >= 15 is 0 Å². The quantitative estimate of drug-likeness (QED) is 0.252. The fourth-order valence-corrected chi connectivity index (χ4v) is 1.10. The Morgan fingerprint density at radius 3 is 2.81 bits per heavy atom. The van der Waals surface area contributed by atoms with Gasteiger partial charge in [-0.2, -0.15) is 4.98 Å². The zero-order valence-corrected chi connectivity index (χ0v) is 8.95. The van der Waals surface area contributed by atoms with Crippen LogP contribution in [0.25, 0.3) is 0 Å². The molecule has 1 aromatic rings. The number of urea groups is 1. The van der Waals surface area contributed by atoms with Crippen LogP contribution < -0.4 is 27.6 Å². The second kappa shape index (κ2) is 5.71. The monoisotopic (exact) mass is 225 g/mol. The van der Waals surface area contributed by atoms with Gasteiger partial charge in [0.2, 0.25) is 5.95 Å². The average Bonchev–Trinajstić information content (AvgIpc) is 2.23. The highest BCUT2D eigenvalue weighted by Crippen LogP contribution is 2.07. The smallest absolute Gasteiger partial charge is 0.312 e. The van der Waals surface area contributed by atoms with Crippen LogP contribution in [0.5, 0.6) is 0 Å². The SMILES string of the molecule is Cc1cc(NCCNC(N)=O)nc(NN)n1. The summed E-state index contributed by atoms with van der Waals surface area (Å²) in [6.07, 6.45) is 0. The summed E-state index contributed by atoms with van der Waals surface area (Å²) in [5.41, 5.74) is 8.06. The number of nitrogens with one attached hydrogen (secondary N) is 3. The minimum Gasteiger partial charge on any atom is -0.368 e. The lowest BCUT2D eigenvalue weighted by Gasteiger charge is -2.08. The lowest BCUT2D eigenvalue weighted by Crippen LogP contribution is -2.33. The van der Waals surface area contributed by atoms with Gasteiger partial charge < -0.3 is 16.4 Å². The number of anilines is 2. The van der Waals surface area contributed by atoms with Gasteiger partial charge >= 0.3 is 6.03 Å². The maximum atomic E-state index is 10.4. The van der Waals surface area contributed by atoms with Crippen molar-refractivity contribution >= 4 is 17.8 Å². The Balaban J connectivity index is 2.47. The van der Waals surface area contributed by atoms with Crippen LogP contribution in [0, 0.1) is 6.92 Å². The molecule has 0 fully saturated rings. The van der Waals surface area contributed by atoms with E-state index in [1.165, 1.54) is 0 Å². The number of carbonyl (C=O) groups excluding carboxylic acids is 1. The fourth-order valence-electron chi connectivity index (χ4n) is 1.10. The van der Waals surface area contributed by atoms with Gasteiger partial charge in [0.05, 0.1) is 0 Å². The van der Waals surface area contributed by atoms with E-state index in [0.717, 1.165) is 5.69 Å². The molecule has 0 unspecified atom stereocenters. The summed E-state index contributed by atoms with van der Waals surface area (Å²) < 4.78 is 0. The number of nitrogens with two attached hydrogens (primary N) is 2. The molecule has 0 radical (unpaired) electrons. The van der Waals surface area contributed by atoms with Crippen molar-refractivity contribution in [3.05, 3.63) is 11.8 Å². The average molecular weight is 225 g/mol.